The van der Waals surface area contributed by atoms with Gasteiger partial charge in [-0.05, 0) is 61.8 Å². The number of aliphatic carboxylic acids is 1. The highest BCUT2D eigenvalue weighted by molar-refractivity contribution is 7.10. The quantitative estimate of drug-likeness (QED) is 0.570. The minimum absolute atomic E-state index is 0.179. The minimum atomic E-state index is -0.702. The zero-order chi connectivity index (χ0) is 22.2. The van der Waals surface area contributed by atoms with Crippen LogP contribution in [0.5, 0.6) is 0 Å². The average molecular weight is 472 g/mol. The van der Waals surface area contributed by atoms with Crippen molar-refractivity contribution in [3.8, 4) is 0 Å². The summed E-state index contributed by atoms with van der Waals surface area (Å²) in [6.45, 7) is 2.00. The molecule has 2 aliphatic rings. The lowest BCUT2D eigenvalue weighted by Crippen LogP contribution is -2.38. The van der Waals surface area contributed by atoms with Gasteiger partial charge in [-0.1, -0.05) is 11.6 Å². The van der Waals surface area contributed by atoms with Crippen molar-refractivity contribution < 1.29 is 14.7 Å². The first-order valence-corrected chi connectivity index (χ1v) is 12.4. The topological polar surface area (TPSA) is 75.4 Å². The van der Waals surface area contributed by atoms with Gasteiger partial charge >= 0.3 is 5.97 Å². The van der Waals surface area contributed by atoms with Gasteiger partial charge in [0.15, 0.2) is 0 Å². The van der Waals surface area contributed by atoms with Gasteiger partial charge in [0.05, 0.1) is 24.0 Å². The monoisotopic (exact) mass is 471 g/mol. The number of fused-ring (bicyclic) bond motifs is 3. The molecule has 0 aromatic carbocycles. The molecule has 4 heterocycles. The fraction of sp³-hybridized carbons (Fsp3) is 0.458. The van der Waals surface area contributed by atoms with Crippen LogP contribution in [-0.4, -0.2) is 38.0 Å². The fourth-order valence-electron chi connectivity index (χ4n) is 5.23. The summed E-state index contributed by atoms with van der Waals surface area (Å²) in [5.74, 6) is -0.474. The van der Waals surface area contributed by atoms with Crippen LogP contribution in [0.15, 0.2) is 29.8 Å². The molecule has 1 aliphatic heterocycles. The number of carboxylic acid groups (broad SMARTS) is 1. The molecule has 3 aromatic heterocycles. The van der Waals surface area contributed by atoms with Crippen molar-refractivity contribution in [2.75, 3.05) is 6.54 Å². The van der Waals surface area contributed by atoms with Gasteiger partial charge in [0, 0.05) is 40.5 Å². The molecule has 0 unspecified atom stereocenters. The van der Waals surface area contributed by atoms with Gasteiger partial charge in [-0.3, -0.25) is 9.59 Å². The van der Waals surface area contributed by atoms with E-state index in [-0.39, 0.29) is 11.8 Å². The standard InChI is InChI=1S/C24H26ClN3O3S/c25-17-11-18(32-14-17)12-28-21-13-27(9-7-19(21)20-2-1-8-26-23(20)28)22(29)10-15-3-5-16(6-4-15)24(30)31/h1-2,8,11,14-16H,3-7,9-10,12-13H2,(H,30,31)/t15-,16+. The van der Waals surface area contributed by atoms with Crippen LogP contribution in [0.1, 0.15) is 48.2 Å². The lowest BCUT2D eigenvalue weighted by Gasteiger charge is -2.31. The Labute approximate surface area is 195 Å². The molecule has 0 bridgehead atoms. The molecule has 0 radical (unpaired) electrons. The molecular weight excluding hydrogens is 446 g/mol. The number of carbonyl (C=O) groups is 2. The summed E-state index contributed by atoms with van der Waals surface area (Å²) in [4.78, 5) is 32.1. The third-order valence-electron chi connectivity index (χ3n) is 6.96. The SMILES string of the molecule is O=C(C[C@H]1CC[C@@H](C(=O)O)CC1)N1CCc2c(n(Cc3cc(Cl)cs3)c3ncccc23)C1. The Kier molecular flexibility index (Phi) is 5.95. The van der Waals surface area contributed by atoms with Gasteiger partial charge in [-0.2, -0.15) is 0 Å². The van der Waals surface area contributed by atoms with Crippen LogP contribution in [-0.2, 0) is 29.1 Å². The average Bonchev–Trinajstić information content (AvgIpc) is 3.35. The Morgan fingerprint density at radius 1 is 1.25 bits per heavy atom. The number of aromatic nitrogens is 2. The number of amides is 1. The number of hydrogen-bond acceptors (Lipinski definition) is 4. The number of carbonyl (C=O) groups excluding carboxylic acids is 1. The Bertz CT molecular complexity index is 1160. The zero-order valence-electron chi connectivity index (χ0n) is 17.8. The number of nitrogens with zero attached hydrogens (tertiary/aromatic N) is 3. The smallest absolute Gasteiger partial charge is 0.306 e. The Morgan fingerprint density at radius 3 is 2.78 bits per heavy atom. The van der Waals surface area contributed by atoms with Gasteiger partial charge in [-0.15, -0.1) is 11.3 Å². The molecule has 168 valence electrons. The van der Waals surface area contributed by atoms with Crippen LogP contribution in [0.25, 0.3) is 11.0 Å². The molecule has 6 nitrogen and oxygen atoms in total. The van der Waals surface area contributed by atoms with E-state index in [1.54, 1.807) is 11.3 Å². The van der Waals surface area contributed by atoms with Gasteiger partial charge in [0.1, 0.15) is 5.65 Å². The number of pyridine rings is 1. The molecule has 5 rings (SSSR count). The molecule has 0 spiro atoms. The van der Waals surface area contributed by atoms with Crippen LogP contribution in [0.4, 0.5) is 0 Å². The third-order valence-corrected chi connectivity index (χ3v) is 8.23. The fourth-order valence-corrected chi connectivity index (χ4v) is 6.29. The summed E-state index contributed by atoms with van der Waals surface area (Å²) < 4.78 is 2.24. The van der Waals surface area contributed by atoms with Crippen LogP contribution >= 0.6 is 22.9 Å². The van der Waals surface area contributed by atoms with Crippen molar-refractivity contribution in [1.82, 2.24) is 14.5 Å². The maximum absolute atomic E-state index is 13.1. The van der Waals surface area contributed by atoms with Crippen molar-refractivity contribution in [3.05, 3.63) is 50.9 Å². The van der Waals surface area contributed by atoms with E-state index < -0.39 is 5.97 Å². The lowest BCUT2D eigenvalue weighted by atomic mass is 9.80. The largest absolute Gasteiger partial charge is 0.481 e. The Hall–Kier alpha value is -2.38. The molecule has 1 saturated carbocycles. The molecule has 8 heteroatoms. The highest BCUT2D eigenvalue weighted by atomic mass is 35.5. The van der Waals surface area contributed by atoms with E-state index in [2.05, 4.69) is 15.6 Å². The highest BCUT2D eigenvalue weighted by Gasteiger charge is 2.31. The van der Waals surface area contributed by atoms with Gasteiger partial charge < -0.3 is 14.6 Å². The second kappa shape index (κ2) is 8.87. The first-order valence-electron chi connectivity index (χ1n) is 11.2. The summed E-state index contributed by atoms with van der Waals surface area (Å²) in [7, 11) is 0. The van der Waals surface area contributed by atoms with Gasteiger partial charge in [-0.25, -0.2) is 4.98 Å². The highest BCUT2D eigenvalue weighted by Crippen LogP contribution is 2.34. The van der Waals surface area contributed by atoms with Crippen molar-refractivity contribution in [3.63, 3.8) is 0 Å². The van der Waals surface area contributed by atoms with Crippen LogP contribution in [0, 0.1) is 11.8 Å². The predicted octanol–water partition coefficient (Wildman–Crippen LogP) is 4.97. The van der Waals surface area contributed by atoms with Gasteiger partial charge in [0.25, 0.3) is 0 Å². The summed E-state index contributed by atoms with van der Waals surface area (Å²) in [6.07, 6.45) is 6.17. The number of halogens is 1. The summed E-state index contributed by atoms with van der Waals surface area (Å²) in [6, 6.07) is 6.09. The first kappa shape index (κ1) is 21.5. The Morgan fingerprint density at radius 2 is 2.06 bits per heavy atom. The molecule has 0 atom stereocenters. The van der Waals surface area contributed by atoms with E-state index in [0.717, 1.165) is 42.2 Å². The molecule has 1 aliphatic carbocycles. The lowest BCUT2D eigenvalue weighted by molar-refractivity contribution is -0.143. The maximum atomic E-state index is 13.1. The predicted molar refractivity (Wildman–Crippen MR) is 125 cm³/mol. The van der Waals surface area contributed by atoms with Crippen LogP contribution in [0.3, 0.4) is 0 Å². The summed E-state index contributed by atoms with van der Waals surface area (Å²) in [5.41, 5.74) is 3.42. The molecule has 1 amide bonds. The normalized spacial score (nSPS) is 21.0. The zero-order valence-corrected chi connectivity index (χ0v) is 19.4. The van der Waals surface area contributed by atoms with E-state index in [1.165, 1.54) is 15.8 Å². The van der Waals surface area contributed by atoms with Crippen LogP contribution < -0.4 is 0 Å². The number of rotatable bonds is 5. The van der Waals surface area contributed by atoms with Crippen molar-refractivity contribution in [2.45, 2.75) is 51.6 Å². The van der Waals surface area contributed by atoms with E-state index in [1.807, 2.05) is 28.6 Å². The second-order valence-electron chi connectivity index (χ2n) is 8.94. The van der Waals surface area contributed by atoms with E-state index in [0.29, 0.717) is 38.3 Å². The van der Waals surface area contributed by atoms with Crippen LogP contribution in [0.2, 0.25) is 5.02 Å². The van der Waals surface area contributed by atoms with E-state index in [9.17, 15) is 14.7 Å². The number of carboxylic acids is 1. The third kappa shape index (κ3) is 4.16. The van der Waals surface area contributed by atoms with Crippen molar-refractivity contribution >= 4 is 45.8 Å². The minimum Gasteiger partial charge on any atom is -0.481 e. The van der Waals surface area contributed by atoms with Crippen molar-refractivity contribution in [1.29, 1.82) is 0 Å². The number of thiophene rings is 1. The van der Waals surface area contributed by atoms with Gasteiger partial charge in [0.2, 0.25) is 5.91 Å². The molecule has 3 aromatic rings. The first-order chi connectivity index (χ1) is 15.5. The molecule has 0 saturated heterocycles. The summed E-state index contributed by atoms with van der Waals surface area (Å²) in [5, 5.41) is 13.1. The molecular formula is C24H26ClN3O3S. The number of hydrogen-bond donors (Lipinski definition) is 1. The molecule has 32 heavy (non-hydrogen) atoms. The maximum Gasteiger partial charge on any atom is 0.306 e. The van der Waals surface area contributed by atoms with E-state index in [4.69, 9.17) is 11.6 Å². The summed E-state index contributed by atoms with van der Waals surface area (Å²) >= 11 is 7.78. The Balaban J connectivity index is 1.34. The molecule has 1 N–H and O–H groups in total. The second-order valence-corrected chi connectivity index (χ2v) is 10.4. The van der Waals surface area contributed by atoms with E-state index >= 15 is 0 Å². The van der Waals surface area contributed by atoms with Crippen molar-refractivity contribution in [2.24, 2.45) is 11.8 Å². The molecule has 1 fully saturated rings.